The molecule has 17 nitrogen and oxygen atoms in total. The van der Waals surface area contributed by atoms with Gasteiger partial charge < -0.3 is 33.8 Å². The minimum atomic E-state index is -4.97. The number of unbranched alkanes of at least 4 members (excludes halogenated alkanes) is 55. The number of carbonyl (C=O) groups excluding carboxylic acids is 4. The second-order valence-electron chi connectivity index (χ2n) is 32.1. The molecule has 7 atom stereocenters. The Labute approximate surface area is 658 Å². The van der Waals surface area contributed by atoms with Gasteiger partial charge in [0.15, 0.2) is 12.2 Å². The molecule has 0 saturated carbocycles. The summed E-state index contributed by atoms with van der Waals surface area (Å²) in [5.74, 6) is -0.377. The highest BCUT2D eigenvalue weighted by atomic mass is 31.2. The maximum atomic E-state index is 13.2. The summed E-state index contributed by atoms with van der Waals surface area (Å²) in [6.45, 7) is 9.81. The summed E-state index contributed by atoms with van der Waals surface area (Å²) in [7, 11) is -9.93. The maximum Gasteiger partial charge on any atom is 0.472 e. The quantitative estimate of drug-likeness (QED) is 0.0222. The van der Waals surface area contributed by atoms with Crippen LogP contribution in [-0.4, -0.2) is 96.7 Å². The van der Waals surface area contributed by atoms with Crippen LogP contribution in [0.25, 0.3) is 0 Å². The summed E-state index contributed by atoms with van der Waals surface area (Å²) < 4.78 is 69.0. The van der Waals surface area contributed by atoms with Gasteiger partial charge in [-0.05, 0) is 37.5 Å². The van der Waals surface area contributed by atoms with Crippen molar-refractivity contribution in [2.75, 3.05) is 39.6 Å². The lowest BCUT2D eigenvalue weighted by atomic mass is 9.99. The molecule has 0 aliphatic heterocycles. The standard InChI is InChI=1S/C88H172O17P2/c1-7-11-13-15-17-19-21-22-23-29-36-42-48-54-60-66-72-87(92)104-83(76-98-85(90)70-64-58-52-46-38-20-18-16-14-12-8-2)78-102-106(94,95)100-74-82(89)75-101-107(96,97)103-79-84(77-99-86(91)71-65-59-53-47-41-35-32-31-34-40-45-51-57-63-69-81(6)10-4)105-88(93)73-67-61-55-49-43-37-30-27-25-24-26-28-33-39-44-50-56-62-68-80(5)9-3/h80-84,89H,7-79H2,1-6H3,(H,94,95)(H,96,97)/t80?,81?,82-,83+,84+/m0/s1. The lowest BCUT2D eigenvalue weighted by molar-refractivity contribution is -0.161. The average molecular weight is 1560 g/mol. The van der Waals surface area contributed by atoms with Crippen LogP contribution in [0, 0.1) is 11.8 Å². The van der Waals surface area contributed by atoms with Gasteiger partial charge >= 0.3 is 39.5 Å². The lowest BCUT2D eigenvalue weighted by Crippen LogP contribution is -2.30. The minimum Gasteiger partial charge on any atom is -0.462 e. The van der Waals surface area contributed by atoms with Gasteiger partial charge in [-0.25, -0.2) is 9.13 Å². The van der Waals surface area contributed by atoms with E-state index in [0.717, 1.165) is 102 Å². The number of ether oxygens (including phenoxy) is 4. The van der Waals surface area contributed by atoms with E-state index in [2.05, 4.69) is 41.5 Å². The van der Waals surface area contributed by atoms with Crippen LogP contribution in [0.3, 0.4) is 0 Å². The molecule has 0 spiro atoms. The van der Waals surface area contributed by atoms with Crippen LogP contribution in [0.5, 0.6) is 0 Å². The molecule has 0 radical (unpaired) electrons. The minimum absolute atomic E-state index is 0.109. The number of phosphoric ester groups is 2. The Morgan fingerprint density at radius 1 is 0.262 bits per heavy atom. The van der Waals surface area contributed by atoms with E-state index in [1.165, 1.54) is 289 Å². The van der Waals surface area contributed by atoms with Gasteiger partial charge in [-0.2, -0.15) is 0 Å². The van der Waals surface area contributed by atoms with Gasteiger partial charge in [0.1, 0.15) is 19.3 Å². The number of esters is 4. The second-order valence-corrected chi connectivity index (χ2v) is 35.0. The second kappa shape index (κ2) is 79.3. The van der Waals surface area contributed by atoms with E-state index >= 15 is 0 Å². The monoisotopic (exact) mass is 1560 g/mol. The number of hydrogen-bond donors (Lipinski definition) is 3. The zero-order valence-electron chi connectivity index (χ0n) is 70.5. The summed E-state index contributed by atoms with van der Waals surface area (Å²) in [5, 5.41) is 10.7. The highest BCUT2D eigenvalue weighted by Gasteiger charge is 2.31. The molecule has 0 aromatic rings. The molecule has 0 saturated heterocycles. The fourth-order valence-electron chi connectivity index (χ4n) is 13.7. The predicted molar refractivity (Wildman–Crippen MR) is 442 cm³/mol. The van der Waals surface area contributed by atoms with Crippen molar-refractivity contribution in [2.45, 2.75) is 490 Å². The molecule has 4 unspecified atom stereocenters. The number of phosphoric acid groups is 2. The number of carbonyl (C=O) groups is 4. The van der Waals surface area contributed by atoms with E-state index in [-0.39, 0.29) is 25.7 Å². The van der Waals surface area contributed by atoms with Crippen molar-refractivity contribution in [3.8, 4) is 0 Å². The Morgan fingerprint density at radius 3 is 0.664 bits per heavy atom. The molecule has 0 aromatic heterocycles. The number of aliphatic hydroxyl groups excluding tert-OH is 1. The Bertz CT molecular complexity index is 2050. The fourth-order valence-corrected chi connectivity index (χ4v) is 15.3. The first-order valence-electron chi connectivity index (χ1n) is 45.6. The third-order valence-electron chi connectivity index (χ3n) is 21.4. The van der Waals surface area contributed by atoms with Crippen molar-refractivity contribution < 1.29 is 80.2 Å². The molecule has 0 aliphatic rings. The molecule has 0 aromatic carbocycles. The molecule has 0 bridgehead atoms. The number of hydrogen-bond acceptors (Lipinski definition) is 15. The first-order chi connectivity index (χ1) is 51.9. The Morgan fingerprint density at radius 2 is 0.449 bits per heavy atom. The Kier molecular flexibility index (Phi) is 77.9. The first kappa shape index (κ1) is 105. The van der Waals surface area contributed by atoms with Crippen LogP contribution in [-0.2, 0) is 65.4 Å². The number of rotatable bonds is 87. The van der Waals surface area contributed by atoms with Crippen molar-refractivity contribution in [1.82, 2.24) is 0 Å². The van der Waals surface area contributed by atoms with E-state index in [1.807, 2.05) is 0 Å². The van der Waals surface area contributed by atoms with Gasteiger partial charge in [-0.1, -0.05) is 420 Å². The van der Waals surface area contributed by atoms with Crippen molar-refractivity contribution >= 4 is 39.5 Å². The van der Waals surface area contributed by atoms with Crippen LogP contribution in [0.4, 0.5) is 0 Å². The van der Waals surface area contributed by atoms with Gasteiger partial charge in [-0.3, -0.25) is 37.3 Å². The fraction of sp³-hybridized carbons (Fsp3) is 0.955. The van der Waals surface area contributed by atoms with Crippen LogP contribution in [0.1, 0.15) is 472 Å². The van der Waals surface area contributed by atoms with Crippen LogP contribution >= 0.6 is 15.6 Å². The molecular weight excluding hydrogens is 1390 g/mol. The Hall–Kier alpha value is -1.94. The van der Waals surface area contributed by atoms with Gasteiger partial charge in [-0.15, -0.1) is 0 Å². The lowest BCUT2D eigenvalue weighted by Gasteiger charge is -2.21. The van der Waals surface area contributed by atoms with E-state index in [0.29, 0.717) is 25.7 Å². The number of aliphatic hydroxyl groups is 1. The topological polar surface area (TPSA) is 237 Å². The summed E-state index contributed by atoms with van der Waals surface area (Å²) in [6.07, 6.45) is 72.0. The zero-order valence-corrected chi connectivity index (χ0v) is 72.2. The highest BCUT2D eigenvalue weighted by molar-refractivity contribution is 7.47. The SMILES string of the molecule is CCCCCCCCCCCCCCCCCCC(=O)O[C@H](COC(=O)CCCCCCCCCCCCC)COP(=O)(O)OC[C@H](O)COP(=O)(O)OC[C@@H](COC(=O)CCCCCCCCCCCCCCCCC(C)CC)OC(=O)CCCCCCCCCCCCCCCCCCCCC(C)CC. The van der Waals surface area contributed by atoms with Gasteiger partial charge in [0.2, 0.25) is 0 Å². The van der Waals surface area contributed by atoms with Crippen LogP contribution in [0.15, 0.2) is 0 Å². The van der Waals surface area contributed by atoms with Crippen molar-refractivity contribution in [1.29, 1.82) is 0 Å². The molecule has 19 heteroatoms. The molecule has 3 N–H and O–H groups in total. The summed E-state index contributed by atoms with van der Waals surface area (Å²) >= 11 is 0. The first-order valence-corrected chi connectivity index (χ1v) is 48.6. The van der Waals surface area contributed by atoms with Crippen molar-refractivity contribution in [3.63, 3.8) is 0 Å². The van der Waals surface area contributed by atoms with Crippen LogP contribution in [0.2, 0.25) is 0 Å². The third kappa shape index (κ3) is 79.1. The molecule has 0 rings (SSSR count). The molecule has 0 aliphatic carbocycles. The van der Waals surface area contributed by atoms with Crippen molar-refractivity contribution in [3.05, 3.63) is 0 Å². The van der Waals surface area contributed by atoms with Gasteiger partial charge in [0.05, 0.1) is 26.4 Å². The summed E-state index contributed by atoms with van der Waals surface area (Å²) in [5.41, 5.74) is 0. The molecule has 0 fully saturated rings. The molecule has 636 valence electrons. The zero-order chi connectivity index (χ0) is 78.5. The normalized spacial score (nSPS) is 14.3. The summed E-state index contributed by atoms with van der Waals surface area (Å²) in [6, 6.07) is 0. The van der Waals surface area contributed by atoms with E-state index in [4.69, 9.17) is 37.0 Å². The maximum absolute atomic E-state index is 13.2. The van der Waals surface area contributed by atoms with E-state index < -0.39 is 97.5 Å². The molecule has 0 amide bonds. The average Bonchev–Trinajstić information content (AvgIpc) is 0.899. The van der Waals surface area contributed by atoms with E-state index in [1.54, 1.807) is 0 Å². The largest absolute Gasteiger partial charge is 0.472 e. The van der Waals surface area contributed by atoms with Crippen LogP contribution < -0.4 is 0 Å². The van der Waals surface area contributed by atoms with Gasteiger partial charge in [0, 0.05) is 25.7 Å². The summed E-state index contributed by atoms with van der Waals surface area (Å²) in [4.78, 5) is 73.3. The smallest absolute Gasteiger partial charge is 0.462 e. The molecule has 0 heterocycles. The molecular formula is C88H172O17P2. The highest BCUT2D eigenvalue weighted by Crippen LogP contribution is 2.45. The van der Waals surface area contributed by atoms with E-state index in [9.17, 15) is 43.2 Å². The third-order valence-corrected chi connectivity index (χ3v) is 23.3. The Balaban J connectivity index is 5.24. The predicted octanol–water partition coefficient (Wildman–Crippen LogP) is 27.0. The van der Waals surface area contributed by atoms with Crippen molar-refractivity contribution in [2.24, 2.45) is 11.8 Å². The van der Waals surface area contributed by atoms with Gasteiger partial charge in [0.25, 0.3) is 0 Å². The molecule has 107 heavy (non-hydrogen) atoms.